The molecule has 1 aromatic heterocycles. The van der Waals surface area contributed by atoms with Crippen LogP contribution in [-0.4, -0.2) is 25.3 Å². The minimum absolute atomic E-state index is 0.0580. The van der Waals surface area contributed by atoms with Gasteiger partial charge in [0.25, 0.3) is 0 Å². The maximum atomic E-state index is 12.2. The number of hydrogen-bond acceptors (Lipinski definition) is 5. The number of hydrogen-bond donors (Lipinski definition) is 0. The molecule has 0 spiro atoms. The number of benzene rings is 1. The van der Waals surface area contributed by atoms with E-state index in [2.05, 4.69) is 0 Å². The molecule has 2 aromatic rings. The molecule has 0 N–H and O–H groups in total. The summed E-state index contributed by atoms with van der Waals surface area (Å²) in [6.07, 6.45) is 2.07. The summed E-state index contributed by atoms with van der Waals surface area (Å²) < 4.78 is 16.6. The Hall–Kier alpha value is -1.85. The predicted octanol–water partition coefficient (Wildman–Crippen LogP) is 3.64. The number of rotatable bonds is 3. The molecule has 1 atom stereocenters. The van der Waals surface area contributed by atoms with E-state index in [9.17, 15) is 4.79 Å². The Morgan fingerprint density at radius 3 is 3.14 bits per heavy atom. The number of esters is 1. The van der Waals surface area contributed by atoms with Crippen molar-refractivity contribution in [3.05, 3.63) is 40.8 Å². The first-order valence-corrected chi connectivity index (χ1v) is 8.26. The van der Waals surface area contributed by atoms with Crippen molar-refractivity contribution in [1.82, 2.24) is 0 Å². The summed E-state index contributed by atoms with van der Waals surface area (Å²) >= 11 is 1.47. The molecular formula is C17H16O4S. The molecule has 1 saturated heterocycles. The van der Waals surface area contributed by atoms with Crippen molar-refractivity contribution in [1.29, 1.82) is 0 Å². The summed E-state index contributed by atoms with van der Waals surface area (Å²) in [7, 11) is 0. The first kappa shape index (κ1) is 13.8. The molecule has 1 fully saturated rings. The minimum atomic E-state index is -0.271. The number of carbonyl (C=O) groups excluding carboxylic acids is 1. The van der Waals surface area contributed by atoms with Gasteiger partial charge < -0.3 is 14.2 Å². The van der Waals surface area contributed by atoms with E-state index in [1.807, 2.05) is 30.3 Å². The first-order chi connectivity index (χ1) is 10.8. The molecule has 0 saturated carbocycles. The first-order valence-electron chi connectivity index (χ1n) is 7.45. The molecule has 2 aliphatic heterocycles. The van der Waals surface area contributed by atoms with E-state index in [4.69, 9.17) is 14.2 Å². The van der Waals surface area contributed by atoms with Gasteiger partial charge >= 0.3 is 5.97 Å². The summed E-state index contributed by atoms with van der Waals surface area (Å²) in [4.78, 5) is 14.0. The van der Waals surface area contributed by atoms with Crippen LogP contribution in [0.3, 0.4) is 0 Å². The molecule has 0 radical (unpaired) electrons. The zero-order valence-electron chi connectivity index (χ0n) is 12.0. The van der Waals surface area contributed by atoms with E-state index in [-0.39, 0.29) is 12.1 Å². The van der Waals surface area contributed by atoms with Crippen LogP contribution in [0.5, 0.6) is 5.75 Å². The van der Waals surface area contributed by atoms with Crippen LogP contribution in [0.4, 0.5) is 0 Å². The van der Waals surface area contributed by atoms with Crippen molar-refractivity contribution in [2.75, 3.05) is 13.2 Å². The topological polar surface area (TPSA) is 44.8 Å². The molecule has 0 unspecified atom stereocenters. The maximum absolute atomic E-state index is 12.2. The molecule has 1 aromatic carbocycles. The molecule has 3 heterocycles. The zero-order chi connectivity index (χ0) is 14.9. The highest BCUT2D eigenvalue weighted by atomic mass is 32.1. The van der Waals surface area contributed by atoms with E-state index in [1.165, 1.54) is 11.3 Å². The van der Waals surface area contributed by atoms with Crippen molar-refractivity contribution in [3.8, 4) is 16.2 Å². The van der Waals surface area contributed by atoms with Crippen molar-refractivity contribution in [2.45, 2.75) is 25.6 Å². The Kier molecular flexibility index (Phi) is 3.60. The number of ether oxygens (including phenoxy) is 3. The van der Waals surface area contributed by atoms with Gasteiger partial charge in [0.2, 0.25) is 0 Å². The number of thiophene rings is 1. The molecule has 114 valence electrons. The van der Waals surface area contributed by atoms with Crippen LogP contribution in [0.15, 0.2) is 30.3 Å². The van der Waals surface area contributed by atoms with Gasteiger partial charge in [0.05, 0.1) is 6.10 Å². The van der Waals surface area contributed by atoms with Gasteiger partial charge in [-0.25, -0.2) is 4.79 Å². The summed E-state index contributed by atoms with van der Waals surface area (Å²) in [6, 6.07) is 9.78. The standard InChI is InChI=1S/C17H16O4S/c18-17(21-10-12-4-3-7-19-12)15-8-11-9-20-14-6-2-1-5-13(14)16(11)22-15/h1-2,5-6,8,12H,3-4,7,9-10H2/t12-/m1/s1. The third kappa shape index (κ3) is 2.51. The predicted molar refractivity (Wildman–Crippen MR) is 83.3 cm³/mol. The second-order valence-corrected chi connectivity index (χ2v) is 6.54. The van der Waals surface area contributed by atoms with Crippen LogP contribution in [-0.2, 0) is 16.1 Å². The van der Waals surface area contributed by atoms with E-state index in [1.54, 1.807) is 0 Å². The third-order valence-electron chi connectivity index (χ3n) is 3.95. The summed E-state index contributed by atoms with van der Waals surface area (Å²) in [5.74, 6) is 0.600. The number of para-hydroxylation sites is 1. The van der Waals surface area contributed by atoms with Crippen molar-refractivity contribution in [2.24, 2.45) is 0 Å². The zero-order valence-corrected chi connectivity index (χ0v) is 12.9. The highest BCUT2D eigenvalue weighted by molar-refractivity contribution is 7.17. The summed E-state index contributed by atoms with van der Waals surface area (Å²) in [6.45, 7) is 1.61. The normalized spacial score (nSPS) is 19.2. The minimum Gasteiger partial charge on any atom is -0.488 e. The second kappa shape index (κ2) is 5.74. The Labute approximate surface area is 132 Å². The molecule has 2 aliphatic rings. The average molecular weight is 316 g/mol. The van der Waals surface area contributed by atoms with Crippen molar-refractivity contribution in [3.63, 3.8) is 0 Å². The summed E-state index contributed by atoms with van der Waals surface area (Å²) in [5.41, 5.74) is 2.10. The Balaban J connectivity index is 1.52. The lowest BCUT2D eigenvalue weighted by Gasteiger charge is -2.16. The fraction of sp³-hybridized carbons (Fsp3) is 0.353. The molecule has 4 nitrogen and oxygen atoms in total. The molecule has 5 heteroatoms. The number of carbonyl (C=O) groups is 1. The Morgan fingerprint density at radius 2 is 2.27 bits per heavy atom. The Bertz CT molecular complexity index is 700. The van der Waals surface area contributed by atoms with Crippen LogP contribution in [0.2, 0.25) is 0 Å². The lowest BCUT2D eigenvalue weighted by Crippen LogP contribution is -2.17. The average Bonchev–Trinajstić information content (AvgIpc) is 3.21. The third-order valence-corrected chi connectivity index (χ3v) is 5.14. The van der Waals surface area contributed by atoms with Crippen LogP contribution in [0.25, 0.3) is 10.4 Å². The number of fused-ring (bicyclic) bond motifs is 3. The SMILES string of the molecule is O=C(OC[C@H]1CCCO1)c1cc2c(s1)-c1ccccc1OC2. The van der Waals surface area contributed by atoms with E-state index < -0.39 is 0 Å². The molecular weight excluding hydrogens is 300 g/mol. The largest absolute Gasteiger partial charge is 0.488 e. The lowest BCUT2D eigenvalue weighted by atomic mass is 10.1. The Morgan fingerprint density at radius 1 is 1.36 bits per heavy atom. The van der Waals surface area contributed by atoms with Gasteiger partial charge in [0.15, 0.2) is 0 Å². The fourth-order valence-corrected chi connectivity index (χ4v) is 3.91. The van der Waals surface area contributed by atoms with Gasteiger partial charge in [-0.2, -0.15) is 0 Å². The monoisotopic (exact) mass is 316 g/mol. The second-order valence-electron chi connectivity index (χ2n) is 5.48. The van der Waals surface area contributed by atoms with Crippen LogP contribution in [0.1, 0.15) is 28.1 Å². The van der Waals surface area contributed by atoms with E-state index >= 15 is 0 Å². The maximum Gasteiger partial charge on any atom is 0.348 e. The molecule has 0 aliphatic carbocycles. The smallest absolute Gasteiger partial charge is 0.348 e. The van der Waals surface area contributed by atoms with Gasteiger partial charge in [0, 0.05) is 22.6 Å². The molecule has 0 bridgehead atoms. The summed E-state index contributed by atoms with van der Waals surface area (Å²) in [5, 5.41) is 0. The van der Waals surface area contributed by atoms with Gasteiger partial charge in [0.1, 0.15) is 23.8 Å². The van der Waals surface area contributed by atoms with Crippen LogP contribution in [0, 0.1) is 0 Å². The molecule has 0 amide bonds. The van der Waals surface area contributed by atoms with E-state index in [0.717, 1.165) is 41.2 Å². The van der Waals surface area contributed by atoms with Gasteiger partial charge in [-0.3, -0.25) is 0 Å². The molecule has 22 heavy (non-hydrogen) atoms. The van der Waals surface area contributed by atoms with Crippen LogP contribution >= 0.6 is 11.3 Å². The van der Waals surface area contributed by atoms with Gasteiger partial charge in [-0.05, 0) is 31.0 Å². The van der Waals surface area contributed by atoms with Crippen molar-refractivity contribution < 1.29 is 19.0 Å². The highest BCUT2D eigenvalue weighted by Crippen LogP contribution is 2.42. The van der Waals surface area contributed by atoms with Gasteiger partial charge in [-0.1, -0.05) is 12.1 Å². The van der Waals surface area contributed by atoms with Crippen LogP contribution < -0.4 is 4.74 Å². The molecule has 4 rings (SSSR count). The fourth-order valence-electron chi connectivity index (χ4n) is 2.82. The highest BCUT2D eigenvalue weighted by Gasteiger charge is 2.24. The van der Waals surface area contributed by atoms with E-state index in [0.29, 0.717) is 18.1 Å². The lowest BCUT2D eigenvalue weighted by molar-refractivity contribution is 0.0165. The van der Waals surface area contributed by atoms with Crippen molar-refractivity contribution >= 4 is 17.3 Å². The van der Waals surface area contributed by atoms with Gasteiger partial charge in [-0.15, -0.1) is 11.3 Å². The quantitative estimate of drug-likeness (QED) is 0.811.